The van der Waals surface area contributed by atoms with Gasteiger partial charge in [-0.2, -0.15) is 0 Å². The molecule has 0 aliphatic rings. The Kier molecular flexibility index (Phi) is 11.3. The maximum Gasteiger partial charge on any atom is 0.197 e. The first-order chi connectivity index (χ1) is 11.5. The van der Waals surface area contributed by atoms with Crippen LogP contribution in [0.2, 0.25) is 0 Å². The average molecular weight is 353 g/mol. The lowest BCUT2D eigenvalue weighted by Gasteiger charge is -2.08. The molecule has 2 N–H and O–H groups in total. The first kappa shape index (κ1) is 21.4. The maximum absolute atomic E-state index is 11.2. The number of benzene rings is 1. The number of hydrogen-bond acceptors (Lipinski definition) is 2. The molecule has 24 heavy (non-hydrogen) atoms. The van der Waals surface area contributed by atoms with E-state index >= 15 is 0 Å². The molecule has 0 aliphatic heterocycles. The number of aryl methyl sites for hydroxylation is 1. The Morgan fingerprint density at radius 3 is 2.12 bits per heavy atom. The fourth-order valence-corrected chi connectivity index (χ4v) is 3.59. The van der Waals surface area contributed by atoms with Crippen LogP contribution in [0.25, 0.3) is 0 Å². The summed E-state index contributed by atoms with van der Waals surface area (Å²) in [5.41, 5.74) is 2.71. The van der Waals surface area contributed by atoms with E-state index in [0.29, 0.717) is 6.16 Å². The van der Waals surface area contributed by atoms with Gasteiger partial charge in [0.25, 0.3) is 0 Å². The van der Waals surface area contributed by atoms with Crippen molar-refractivity contribution in [2.75, 3.05) is 19.4 Å². The van der Waals surface area contributed by atoms with Crippen LogP contribution in [-0.2, 0) is 17.5 Å². The lowest BCUT2D eigenvalue weighted by atomic mass is 10.0. The van der Waals surface area contributed by atoms with Crippen molar-refractivity contribution in [1.29, 1.82) is 0 Å². The molecule has 0 aliphatic carbocycles. The molecule has 0 bridgehead atoms. The Morgan fingerprint density at radius 2 is 1.50 bits per heavy atom. The van der Waals surface area contributed by atoms with Crippen molar-refractivity contribution in [2.24, 2.45) is 0 Å². The summed E-state index contributed by atoms with van der Waals surface area (Å²) in [5, 5.41) is 3.34. The lowest BCUT2D eigenvalue weighted by Crippen LogP contribution is -2.15. The molecule has 0 aromatic heterocycles. The van der Waals surface area contributed by atoms with E-state index in [2.05, 4.69) is 36.5 Å². The largest absolute Gasteiger partial charge is 0.344 e. The Hall–Kier alpha value is -0.630. The van der Waals surface area contributed by atoms with E-state index in [1.165, 1.54) is 69.2 Å². The summed E-state index contributed by atoms with van der Waals surface area (Å²) in [6.07, 6.45) is 11.8. The first-order valence-corrected chi connectivity index (χ1v) is 11.9. The highest BCUT2D eigenvalue weighted by molar-refractivity contribution is 7.57. The molecule has 4 heteroatoms. The number of hydrogen-bond donors (Lipinski definition) is 2. The highest BCUT2D eigenvalue weighted by Gasteiger charge is 2.07. The second kappa shape index (κ2) is 12.7. The summed E-state index contributed by atoms with van der Waals surface area (Å²) in [4.78, 5) is 9.23. The predicted octanol–water partition coefficient (Wildman–Crippen LogP) is 5.36. The highest BCUT2D eigenvalue weighted by atomic mass is 31.2. The van der Waals surface area contributed by atoms with Gasteiger partial charge in [-0.1, -0.05) is 69.7 Å². The third-order valence-electron chi connectivity index (χ3n) is 4.35. The summed E-state index contributed by atoms with van der Waals surface area (Å²) in [6, 6.07) is 8.87. The second-order valence-electron chi connectivity index (χ2n) is 6.99. The molecule has 1 aromatic carbocycles. The van der Waals surface area contributed by atoms with Crippen LogP contribution in [0.15, 0.2) is 24.3 Å². The monoisotopic (exact) mass is 353 g/mol. The third-order valence-corrected chi connectivity index (χ3v) is 5.49. The minimum Gasteiger partial charge on any atom is -0.344 e. The molecule has 0 amide bonds. The molecule has 0 radical (unpaired) electrons. The molecule has 0 fully saturated rings. The summed E-state index contributed by atoms with van der Waals surface area (Å²) < 4.78 is 11.2. The minimum absolute atomic E-state index is 0.400. The van der Waals surface area contributed by atoms with Gasteiger partial charge in [-0.3, -0.25) is 4.57 Å². The Bertz CT molecular complexity index is 467. The van der Waals surface area contributed by atoms with Crippen LogP contribution < -0.4 is 5.32 Å². The van der Waals surface area contributed by atoms with E-state index in [9.17, 15) is 9.46 Å². The number of nitrogens with one attached hydrogen (secondary N) is 1. The Labute approximate surface area is 148 Å². The summed E-state index contributed by atoms with van der Waals surface area (Å²) in [6.45, 7) is 5.31. The van der Waals surface area contributed by atoms with E-state index in [0.717, 1.165) is 19.5 Å². The highest BCUT2D eigenvalue weighted by Crippen LogP contribution is 2.35. The van der Waals surface area contributed by atoms with Crippen LogP contribution in [0, 0.1) is 0 Å². The SMILES string of the molecule is CCCCCCCCCc1ccc(CNCCCP(C)(=O)O)cc1. The Morgan fingerprint density at radius 1 is 0.917 bits per heavy atom. The molecule has 1 unspecified atom stereocenters. The van der Waals surface area contributed by atoms with Crippen molar-refractivity contribution < 1.29 is 9.46 Å². The molecule has 0 spiro atoms. The molecule has 0 saturated heterocycles. The van der Waals surface area contributed by atoms with Gasteiger partial charge in [0.15, 0.2) is 7.37 Å². The first-order valence-electron chi connectivity index (χ1n) is 9.59. The predicted molar refractivity (Wildman–Crippen MR) is 105 cm³/mol. The van der Waals surface area contributed by atoms with E-state index in [-0.39, 0.29) is 0 Å². The summed E-state index contributed by atoms with van der Waals surface area (Å²) in [7, 11) is -2.85. The van der Waals surface area contributed by atoms with Crippen molar-refractivity contribution >= 4 is 7.37 Å². The molecule has 0 heterocycles. The molecule has 0 saturated carbocycles. The average Bonchev–Trinajstić information content (AvgIpc) is 2.54. The standard InChI is InChI=1S/C20H36NO2P/c1-3-4-5-6-7-8-9-11-19-12-14-20(15-13-19)18-21-16-10-17-24(2,22)23/h12-15,21H,3-11,16-18H2,1-2H3,(H,22,23). The van der Waals surface area contributed by atoms with Crippen LogP contribution in [0.1, 0.15) is 69.4 Å². The summed E-state index contributed by atoms with van der Waals surface area (Å²) >= 11 is 0. The van der Waals surface area contributed by atoms with Gasteiger partial charge in [0.05, 0.1) is 0 Å². The molecular weight excluding hydrogens is 317 g/mol. The minimum atomic E-state index is -2.85. The Balaban J connectivity index is 2.09. The zero-order valence-electron chi connectivity index (χ0n) is 15.6. The molecule has 3 nitrogen and oxygen atoms in total. The van der Waals surface area contributed by atoms with Gasteiger partial charge in [-0.15, -0.1) is 0 Å². The smallest absolute Gasteiger partial charge is 0.197 e. The van der Waals surface area contributed by atoms with Gasteiger partial charge in [-0.05, 0) is 36.9 Å². The zero-order valence-corrected chi connectivity index (χ0v) is 16.5. The van der Waals surface area contributed by atoms with Gasteiger partial charge in [0, 0.05) is 19.4 Å². The molecule has 1 rings (SSSR count). The molecular formula is C20H36NO2P. The topological polar surface area (TPSA) is 49.3 Å². The van der Waals surface area contributed by atoms with Gasteiger partial charge >= 0.3 is 0 Å². The lowest BCUT2D eigenvalue weighted by molar-refractivity contribution is 0.481. The van der Waals surface area contributed by atoms with Crippen LogP contribution in [0.4, 0.5) is 0 Å². The number of rotatable bonds is 14. The van der Waals surface area contributed by atoms with Crippen LogP contribution in [-0.4, -0.2) is 24.3 Å². The second-order valence-corrected chi connectivity index (χ2v) is 9.54. The van der Waals surface area contributed by atoms with Crippen molar-refractivity contribution in [3.63, 3.8) is 0 Å². The normalized spacial score (nSPS) is 13.8. The molecule has 138 valence electrons. The van der Waals surface area contributed by atoms with Crippen LogP contribution in [0.5, 0.6) is 0 Å². The summed E-state index contributed by atoms with van der Waals surface area (Å²) in [5.74, 6) is 0. The van der Waals surface area contributed by atoms with Crippen molar-refractivity contribution in [1.82, 2.24) is 5.32 Å². The van der Waals surface area contributed by atoms with E-state index in [1.807, 2.05) is 0 Å². The van der Waals surface area contributed by atoms with Crippen molar-refractivity contribution in [3.8, 4) is 0 Å². The quantitative estimate of drug-likeness (QED) is 0.350. The van der Waals surface area contributed by atoms with Crippen molar-refractivity contribution in [2.45, 2.75) is 71.3 Å². The van der Waals surface area contributed by atoms with Crippen molar-refractivity contribution in [3.05, 3.63) is 35.4 Å². The number of unbranched alkanes of at least 4 members (excludes halogenated alkanes) is 6. The van der Waals surface area contributed by atoms with E-state index < -0.39 is 7.37 Å². The van der Waals surface area contributed by atoms with Gasteiger partial charge in [0.1, 0.15) is 0 Å². The van der Waals surface area contributed by atoms with E-state index in [4.69, 9.17) is 0 Å². The van der Waals surface area contributed by atoms with Gasteiger partial charge in [-0.25, -0.2) is 0 Å². The van der Waals surface area contributed by atoms with E-state index in [1.54, 1.807) is 0 Å². The van der Waals surface area contributed by atoms with Crippen LogP contribution in [0.3, 0.4) is 0 Å². The molecule has 1 atom stereocenters. The van der Waals surface area contributed by atoms with Crippen LogP contribution >= 0.6 is 7.37 Å². The maximum atomic E-state index is 11.2. The van der Waals surface area contributed by atoms with Gasteiger partial charge in [0.2, 0.25) is 0 Å². The zero-order chi connectivity index (χ0) is 17.7. The van der Waals surface area contributed by atoms with Gasteiger partial charge < -0.3 is 10.2 Å². The fraction of sp³-hybridized carbons (Fsp3) is 0.700. The third kappa shape index (κ3) is 11.8. The fourth-order valence-electron chi connectivity index (χ4n) is 2.84. The molecule has 1 aromatic rings.